The molecular formula is C17H29. The highest BCUT2D eigenvalue weighted by Crippen LogP contribution is 2.25. The maximum Gasteiger partial charge on any atom is -0.00582 e. The molecule has 0 aromatic carbocycles. The fourth-order valence-electron chi connectivity index (χ4n) is 2.42. The summed E-state index contributed by atoms with van der Waals surface area (Å²) in [6.07, 6.45) is 20.7. The Kier molecular flexibility index (Phi) is 8.13. The number of allylic oxidation sites excluding steroid dienone is 4. The zero-order valence-corrected chi connectivity index (χ0v) is 11.9. The van der Waals surface area contributed by atoms with Gasteiger partial charge in [0.25, 0.3) is 0 Å². The second-order valence-corrected chi connectivity index (χ2v) is 5.30. The molecule has 0 spiro atoms. The summed E-state index contributed by atoms with van der Waals surface area (Å²) >= 11 is 0. The van der Waals surface area contributed by atoms with Gasteiger partial charge in [0.2, 0.25) is 0 Å². The normalized spacial score (nSPS) is 14.9. The lowest BCUT2D eigenvalue weighted by molar-refractivity contribution is 0.661. The van der Waals surface area contributed by atoms with Crippen LogP contribution >= 0.6 is 0 Å². The molecule has 1 radical (unpaired) electrons. The quantitative estimate of drug-likeness (QED) is 0.407. The second kappa shape index (κ2) is 9.50. The zero-order valence-electron chi connectivity index (χ0n) is 11.9. The molecule has 0 saturated carbocycles. The molecule has 0 aromatic heterocycles. The van der Waals surface area contributed by atoms with Crippen molar-refractivity contribution in [3.8, 4) is 0 Å². The van der Waals surface area contributed by atoms with Crippen LogP contribution in [0.3, 0.4) is 0 Å². The first kappa shape index (κ1) is 14.5. The van der Waals surface area contributed by atoms with E-state index in [9.17, 15) is 0 Å². The molecule has 0 atom stereocenters. The molecule has 0 nitrogen and oxygen atoms in total. The van der Waals surface area contributed by atoms with Crippen LogP contribution in [0.5, 0.6) is 0 Å². The van der Waals surface area contributed by atoms with E-state index in [-0.39, 0.29) is 0 Å². The predicted octanol–water partition coefficient (Wildman–Crippen LogP) is 5.99. The molecule has 0 saturated heterocycles. The third-order valence-corrected chi connectivity index (χ3v) is 3.57. The van der Waals surface area contributed by atoms with Crippen LogP contribution in [0.25, 0.3) is 0 Å². The van der Waals surface area contributed by atoms with Crippen molar-refractivity contribution in [3.05, 3.63) is 23.3 Å². The number of rotatable bonds is 10. The van der Waals surface area contributed by atoms with E-state index in [2.05, 4.69) is 26.0 Å². The molecule has 0 bridgehead atoms. The molecule has 17 heavy (non-hydrogen) atoms. The van der Waals surface area contributed by atoms with Gasteiger partial charge in [0.15, 0.2) is 0 Å². The van der Waals surface area contributed by atoms with Crippen molar-refractivity contribution in [3.63, 3.8) is 0 Å². The Labute approximate surface area is 108 Å². The van der Waals surface area contributed by atoms with Gasteiger partial charge in [-0.15, -0.1) is 0 Å². The first-order chi connectivity index (χ1) is 8.36. The van der Waals surface area contributed by atoms with Gasteiger partial charge in [-0.3, -0.25) is 0 Å². The summed E-state index contributed by atoms with van der Waals surface area (Å²) in [5.74, 6) is 0. The molecule has 0 heterocycles. The average molecular weight is 233 g/mol. The molecule has 1 aliphatic rings. The van der Waals surface area contributed by atoms with Crippen LogP contribution in [-0.2, 0) is 0 Å². The highest BCUT2D eigenvalue weighted by atomic mass is 14.1. The van der Waals surface area contributed by atoms with Crippen molar-refractivity contribution >= 4 is 0 Å². The molecule has 0 aromatic rings. The SMILES string of the molecule is CCCCCCC1=[C]CC(CCCCCC)=C1. The largest absolute Gasteiger partial charge is 0.0655 e. The third kappa shape index (κ3) is 6.71. The molecule has 0 unspecified atom stereocenters. The van der Waals surface area contributed by atoms with Crippen LogP contribution in [0.2, 0.25) is 0 Å². The molecular weight excluding hydrogens is 204 g/mol. The summed E-state index contributed by atoms with van der Waals surface area (Å²) in [5, 5.41) is 0. The molecule has 0 N–H and O–H groups in total. The smallest absolute Gasteiger partial charge is 0.00582 e. The molecule has 0 fully saturated rings. The van der Waals surface area contributed by atoms with Crippen LogP contribution in [0.1, 0.15) is 84.5 Å². The average Bonchev–Trinajstić information content (AvgIpc) is 2.78. The predicted molar refractivity (Wildman–Crippen MR) is 77.0 cm³/mol. The highest BCUT2D eigenvalue weighted by Gasteiger charge is 2.06. The topological polar surface area (TPSA) is 0 Å². The lowest BCUT2D eigenvalue weighted by Gasteiger charge is -2.01. The minimum absolute atomic E-state index is 1.12. The Hall–Kier alpha value is -0.520. The molecule has 1 aliphatic carbocycles. The van der Waals surface area contributed by atoms with Gasteiger partial charge in [0.1, 0.15) is 0 Å². The van der Waals surface area contributed by atoms with E-state index in [1.165, 1.54) is 69.8 Å². The van der Waals surface area contributed by atoms with E-state index in [0.717, 1.165) is 6.42 Å². The van der Waals surface area contributed by atoms with Gasteiger partial charge in [0.05, 0.1) is 0 Å². The van der Waals surface area contributed by atoms with Gasteiger partial charge in [-0.05, 0) is 43.8 Å². The first-order valence-electron chi connectivity index (χ1n) is 7.66. The first-order valence-corrected chi connectivity index (χ1v) is 7.66. The van der Waals surface area contributed by atoms with Crippen molar-refractivity contribution in [1.29, 1.82) is 0 Å². The van der Waals surface area contributed by atoms with Crippen molar-refractivity contribution in [2.24, 2.45) is 0 Å². The van der Waals surface area contributed by atoms with Crippen LogP contribution in [0.15, 0.2) is 17.2 Å². The molecule has 0 aliphatic heterocycles. The zero-order chi connectivity index (χ0) is 12.3. The fourth-order valence-corrected chi connectivity index (χ4v) is 2.42. The fraction of sp³-hybridized carbons (Fsp3) is 0.765. The lowest BCUT2D eigenvalue weighted by Crippen LogP contribution is -1.81. The Morgan fingerprint density at radius 3 is 2.18 bits per heavy atom. The van der Waals surface area contributed by atoms with Crippen LogP contribution in [0.4, 0.5) is 0 Å². The molecule has 0 amide bonds. The van der Waals surface area contributed by atoms with Gasteiger partial charge in [-0.25, -0.2) is 0 Å². The van der Waals surface area contributed by atoms with Gasteiger partial charge in [-0.2, -0.15) is 0 Å². The Bertz CT molecular complexity index is 245. The standard InChI is InChI=1S/C17H29/c1-3-5-7-9-11-16-13-14-17(15-16)12-10-8-6-4-2/h15H,3-13H2,1-2H3. The number of hydrogen-bond donors (Lipinski definition) is 0. The lowest BCUT2D eigenvalue weighted by atomic mass is 10.1. The number of unbranched alkanes of at least 4 members (excludes halogenated alkanes) is 6. The summed E-state index contributed by atoms with van der Waals surface area (Å²) in [4.78, 5) is 0. The van der Waals surface area contributed by atoms with E-state index < -0.39 is 0 Å². The van der Waals surface area contributed by atoms with Gasteiger partial charge in [0, 0.05) is 0 Å². The van der Waals surface area contributed by atoms with Crippen LogP contribution in [-0.4, -0.2) is 0 Å². The van der Waals surface area contributed by atoms with Gasteiger partial charge in [-0.1, -0.05) is 64.0 Å². The summed E-state index contributed by atoms with van der Waals surface area (Å²) < 4.78 is 0. The van der Waals surface area contributed by atoms with E-state index >= 15 is 0 Å². The van der Waals surface area contributed by atoms with E-state index in [1.54, 1.807) is 5.57 Å². The van der Waals surface area contributed by atoms with Crippen molar-refractivity contribution < 1.29 is 0 Å². The summed E-state index contributed by atoms with van der Waals surface area (Å²) in [7, 11) is 0. The van der Waals surface area contributed by atoms with Crippen LogP contribution < -0.4 is 0 Å². The Morgan fingerprint density at radius 2 is 1.53 bits per heavy atom. The minimum Gasteiger partial charge on any atom is -0.0655 e. The van der Waals surface area contributed by atoms with Crippen molar-refractivity contribution in [2.45, 2.75) is 84.5 Å². The Morgan fingerprint density at radius 1 is 0.882 bits per heavy atom. The molecule has 0 heteroatoms. The second-order valence-electron chi connectivity index (χ2n) is 5.30. The van der Waals surface area contributed by atoms with E-state index in [4.69, 9.17) is 0 Å². The Balaban J connectivity index is 2.07. The maximum absolute atomic E-state index is 3.55. The monoisotopic (exact) mass is 233 g/mol. The van der Waals surface area contributed by atoms with E-state index in [0.29, 0.717) is 0 Å². The number of hydrogen-bond acceptors (Lipinski definition) is 0. The summed E-state index contributed by atoms with van der Waals surface area (Å²) in [6, 6.07) is 0. The molecule has 1 rings (SSSR count). The van der Waals surface area contributed by atoms with Crippen molar-refractivity contribution in [2.75, 3.05) is 0 Å². The maximum atomic E-state index is 3.55. The van der Waals surface area contributed by atoms with Crippen LogP contribution in [0, 0.1) is 6.08 Å². The highest BCUT2D eigenvalue weighted by molar-refractivity contribution is 5.29. The summed E-state index contributed by atoms with van der Waals surface area (Å²) in [6.45, 7) is 4.55. The molecule has 97 valence electrons. The van der Waals surface area contributed by atoms with Gasteiger partial charge >= 0.3 is 0 Å². The van der Waals surface area contributed by atoms with Crippen molar-refractivity contribution in [1.82, 2.24) is 0 Å². The van der Waals surface area contributed by atoms with Gasteiger partial charge < -0.3 is 0 Å². The third-order valence-electron chi connectivity index (χ3n) is 3.57. The minimum atomic E-state index is 1.12. The van der Waals surface area contributed by atoms with E-state index in [1.807, 2.05) is 0 Å². The summed E-state index contributed by atoms with van der Waals surface area (Å²) in [5.41, 5.74) is 3.12.